The molecule has 0 unspecified atom stereocenters. The van der Waals surface area contributed by atoms with Gasteiger partial charge in [0.2, 0.25) is 0 Å². The molecular formula is C15H21N3O3. The zero-order chi connectivity index (χ0) is 15.2. The molecule has 0 radical (unpaired) electrons. The molecule has 6 heteroatoms. The van der Waals surface area contributed by atoms with Crippen LogP contribution in [0.1, 0.15) is 6.42 Å². The maximum atomic E-state index is 10.5. The minimum absolute atomic E-state index is 0.311. The van der Waals surface area contributed by atoms with E-state index in [9.17, 15) is 4.79 Å². The lowest BCUT2D eigenvalue weighted by atomic mass is 10.2. The van der Waals surface area contributed by atoms with Crippen LogP contribution in [0.3, 0.4) is 0 Å². The number of primary amides is 1. The summed E-state index contributed by atoms with van der Waals surface area (Å²) in [5.41, 5.74) is 7.27. The van der Waals surface area contributed by atoms with Crippen molar-refractivity contribution < 1.29 is 14.3 Å². The summed E-state index contributed by atoms with van der Waals surface area (Å²) in [5, 5.41) is 0. The van der Waals surface area contributed by atoms with Crippen LogP contribution in [0.15, 0.2) is 36.2 Å². The second kappa shape index (κ2) is 6.88. The Hall–Kier alpha value is -2.37. The van der Waals surface area contributed by atoms with Gasteiger partial charge in [0.25, 0.3) is 0 Å². The quantitative estimate of drug-likeness (QED) is 0.865. The molecule has 1 aromatic carbocycles. The summed E-state index contributed by atoms with van der Waals surface area (Å²) in [6, 6.07) is 7.94. The van der Waals surface area contributed by atoms with Crippen molar-refractivity contribution >= 4 is 11.8 Å². The SMILES string of the molecule is COc1ccc(N(C)C2=CN(CCOC(N)=O)CC2)cc1. The van der Waals surface area contributed by atoms with E-state index in [4.69, 9.17) is 15.2 Å². The lowest BCUT2D eigenvalue weighted by Crippen LogP contribution is -2.23. The van der Waals surface area contributed by atoms with Gasteiger partial charge in [0.1, 0.15) is 12.4 Å². The number of nitrogens with two attached hydrogens (primary N) is 1. The molecule has 0 atom stereocenters. The lowest BCUT2D eigenvalue weighted by Gasteiger charge is -2.20. The van der Waals surface area contributed by atoms with Crippen LogP contribution in [-0.4, -0.2) is 44.8 Å². The van der Waals surface area contributed by atoms with E-state index in [0.717, 1.165) is 24.4 Å². The molecule has 6 nitrogen and oxygen atoms in total. The van der Waals surface area contributed by atoms with E-state index in [2.05, 4.69) is 16.0 Å². The van der Waals surface area contributed by atoms with Crippen LogP contribution in [0, 0.1) is 0 Å². The molecule has 0 aliphatic carbocycles. The van der Waals surface area contributed by atoms with E-state index in [-0.39, 0.29) is 0 Å². The molecule has 0 saturated carbocycles. The maximum absolute atomic E-state index is 10.5. The first-order valence-corrected chi connectivity index (χ1v) is 6.85. The molecule has 2 rings (SSSR count). The minimum Gasteiger partial charge on any atom is -0.497 e. The molecular weight excluding hydrogens is 270 g/mol. The molecule has 1 aromatic rings. The van der Waals surface area contributed by atoms with Crippen LogP contribution in [0.4, 0.5) is 10.5 Å². The smallest absolute Gasteiger partial charge is 0.404 e. The predicted octanol–water partition coefficient (Wildman–Crippen LogP) is 1.77. The number of ether oxygens (including phenoxy) is 2. The fourth-order valence-electron chi connectivity index (χ4n) is 2.26. The number of hydrogen-bond acceptors (Lipinski definition) is 5. The van der Waals surface area contributed by atoms with Gasteiger partial charge in [-0.25, -0.2) is 4.79 Å². The molecule has 0 spiro atoms. The Bertz CT molecular complexity index is 513. The number of hydrogen-bond donors (Lipinski definition) is 1. The summed E-state index contributed by atoms with van der Waals surface area (Å²) in [6.45, 7) is 1.88. The van der Waals surface area contributed by atoms with Gasteiger partial charge in [0, 0.05) is 37.6 Å². The molecule has 1 aliphatic rings. The van der Waals surface area contributed by atoms with Crippen molar-refractivity contribution in [2.75, 3.05) is 38.8 Å². The Morgan fingerprint density at radius 3 is 2.71 bits per heavy atom. The first-order chi connectivity index (χ1) is 10.1. The molecule has 0 aromatic heterocycles. The second-order valence-corrected chi connectivity index (χ2v) is 4.83. The van der Waals surface area contributed by atoms with Crippen LogP contribution >= 0.6 is 0 Å². The van der Waals surface area contributed by atoms with Crippen molar-refractivity contribution in [3.8, 4) is 5.75 Å². The van der Waals surface area contributed by atoms with Crippen molar-refractivity contribution in [2.24, 2.45) is 5.73 Å². The summed E-state index contributed by atoms with van der Waals surface area (Å²) in [5.74, 6) is 0.845. The monoisotopic (exact) mass is 291 g/mol. The molecule has 1 aliphatic heterocycles. The first kappa shape index (κ1) is 15.0. The van der Waals surface area contributed by atoms with Gasteiger partial charge < -0.3 is 25.0 Å². The Balaban J connectivity index is 1.92. The van der Waals surface area contributed by atoms with Crippen LogP contribution in [0.2, 0.25) is 0 Å². The molecule has 1 heterocycles. The Labute approximate surface area is 124 Å². The van der Waals surface area contributed by atoms with Crippen molar-refractivity contribution in [3.05, 3.63) is 36.2 Å². The van der Waals surface area contributed by atoms with Crippen LogP contribution < -0.4 is 15.4 Å². The van der Waals surface area contributed by atoms with Crippen LogP contribution in [0.5, 0.6) is 5.75 Å². The van der Waals surface area contributed by atoms with E-state index < -0.39 is 6.09 Å². The zero-order valence-corrected chi connectivity index (χ0v) is 12.4. The summed E-state index contributed by atoms with van der Waals surface area (Å²) in [6.07, 6.45) is 2.32. The van der Waals surface area contributed by atoms with Crippen molar-refractivity contribution in [3.63, 3.8) is 0 Å². The molecule has 0 saturated heterocycles. The Morgan fingerprint density at radius 1 is 1.38 bits per heavy atom. The highest BCUT2D eigenvalue weighted by molar-refractivity contribution is 5.64. The van der Waals surface area contributed by atoms with E-state index in [1.807, 2.05) is 31.3 Å². The van der Waals surface area contributed by atoms with Gasteiger partial charge in [0.05, 0.1) is 13.7 Å². The number of carbonyl (C=O) groups is 1. The topological polar surface area (TPSA) is 68.0 Å². The predicted molar refractivity (Wildman–Crippen MR) is 81.2 cm³/mol. The normalized spacial score (nSPS) is 13.8. The number of rotatable bonds is 6. The fourth-order valence-corrected chi connectivity index (χ4v) is 2.26. The Morgan fingerprint density at radius 2 is 2.10 bits per heavy atom. The highest BCUT2D eigenvalue weighted by atomic mass is 16.5. The average Bonchev–Trinajstić information content (AvgIpc) is 2.95. The average molecular weight is 291 g/mol. The maximum Gasteiger partial charge on any atom is 0.404 e. The molecule has 2 N–H and O–H groups in total. The number of amides is 1. The van der Waals surface area contributed by atoms with E-state index in [1.165, 1.54) is 5.70 Å². The highest BCUT2D eigenvalue weighted by Gasteiger charge is 2.16. The third-order valence-corrected chi connectivity index (χ3v) is 3.50. The van der Waals surface area contributed by atoms with Crippen LogP contribution in [-0.2, 0) is 4.74 Å². The highest BCUT2D eigenvalue weighted by Crippen LogP contribution is 2.25. The Kier molecular flexibility index (Phi) is 4.92. The molecule has 0 bridgehead atoms. The summed E-state index contributed by atoms with van der Waals surface area (Å²) in [4.78, 5) is 14.8. The van der Waals surface area contributed by atoms with Gasteiger partial charge in [-0.2, -0.15) is 0 Å². The minimum atomic E-state index is -0.728. The van der Waals surface area contributed by atoms with Crippen molar-refractivity contribution in [2.45, 2.75) is 6.42 Å². The molecule has 1 amide bonds. The van der Waals surface area contributed by atoms with Gasteiger partial charge in [0.15, 0.2) is 0 Å². The molecule has 21 heavy (non-hydrogen) atoms. The summed E-state index contributed by atoms with van der Waals surface area (Å²) >= 11 is 0. The van der Waals surface area contributed by atoms with Crippen LogP contribution in [0.25, 0.3) is 0 Å². The van der Waals surface area contributed by atoms with Gasteiger partial charge in [-0.15, -0.1) is 0 Å². The second-order valence-electron chi connectivity index (χ2n) is 4.83. The van der Waals surface area contributed by atoms with E-state index in [1.54, 1.807) is 7.11 Å². The zero-order valence-electron chi connectivity index (χ0n) is 12.4. The van der Waals surface area contributed by atoms with E-state index in [0.29, 0.717) is 13.2 Å². The van der Waals surface area contributed by atoms with Gasteiger partial charge >= 0.3 is 6.09 Å². The lowest BCUT2D eigenvalue weighted by molar-refractivity contribution is 0.147. The van der Waals surface area contributed by atoms with E-state index >= 15 is 0 Å². The van der Waals surface area contributed by atoms with Crippen molar-refractivity contribution in [1.82, 2.24) is 4.90 Å². The van der Waals surface area contributed by atoms with Gasteiger partial charge in [-0.05, 0) is 24.3 Å². The first-order valence-electron chi connectivity index (χ1n) is 6.85. The van der Waals surface area contributed by atoms with Gasteiger partial charge in [-0.1, -0.05) is 0 Å². The number of benzene rings is 1. The van der Waals surface area contributed by atoms with Gasteiger partial charge in [-0.3, -0.25) is 0 Å². The number of anilines is 1. The van der Waals surface area contributed by atoms with Crippen molar-refractivity contribution in [1.29, 1.82) is 0 Å². The fraction of sp³-hybridized carbons (Fsp3) is 0.400. The summed E-state index contributed by atoms with van der Waals surface area (Å²) < 4.78 is 9.91. The number of methoxy groups -OCH3 is 1. The molecule has 114 valence electrons. The standard InChI is InChI=1S/C15H21N3O3/c1-17(12-3-5-14(20-2)6-4-12)13-7-8-18(11-13)9-10-21-15(16)19/h3-6,11H,7-10H2,1-2H3,(H2,16,19). The summed E-state index contributed by atoms with van der Waals surface area (Å²) in [7, 11) is 3.70. The molecule has 0 fully saturated rings. The third-order valence-electron chi connectivity index (χ3n) is 3.50. The number of nitrogens with zero attached hydrogens (tertiary/aromatic N) is 2. The number of carbonyl (C=O) groups excluding carboxylic acids is 1. The largest absolute Gasteiger partial charge is 0.497 e. The third kappa shape index (κ3) is 4.05.